The molecule has 0 amide bonds. The lowest BCUT2D eigenvalue weighted by molar-refractivity contribution is -0.131. The second-order valence-electron chi connectivity index (χ2n) is 4.40. The molecule has 0 aromatic heterocycles. The van der Waals surface area contributed by atoms with Crippen molar-refractivity contribution in [3.8, 4) is 5.75 Å². The van der Waals surface area contributed by atoms with Crippen molar-refractivity contribution in [1.29, 1.82) is 0 Å². The van der Waals surface area contributed by atoms with Crippen LogP contribution in [0, 0.1) is 0 Å². The summed E-state index contributed by atoms with van der Waals surface area (Å²) in [6.45, 7) is 2.08. The highest BCUT2D eigenvalue weighted by Crippen LogP contribution is 2.26. The van der Waals surface area contributed by atoms with Crippen LogP contribution in [0.4, 0.5) is 0 Å². The first-order valence-electron chi connectivity index (χ1n) is 5.80. The van der Waals surface area contributed by atoms with Crippen LogP contribution in [0.5, 0.6) is 5.75 Å². The lowest BCUT2D eigenvalue weighted by Crippen LogP contribution is -2.01. The molecule has 17 heavy (non-hydrogen) atoms. The highest BCUT2D eigenvalue weighted by atomic mass is 16.5. The summed E-state index contributed by atoms with van der Waals surface area (Å²) in [6, 6.07) is 6.13. The maximum atomic E-state index is 10.4. The first kappa shape index (κ1) is 11.7. The van der Waals surface area contributed by atoms with E-state index in [4.69, 9.17) is 9.84 Å². The Balaban J connectivity index is 1.98. The Morgan fingerprint density at radius 3 is 2.94 bits per heavy atom. The number of benzene rings is 1. The third-order valence-electron chi connectivity index (χ3n) is 2.91. The van der Waals surface area contributed by atoms with E-state index in [1.807, 2.05) is 6.07 Å². The van der Waals surface area contributed by atoms with Gasteiger partial charge in [0, 0.05) is 6.08 Å². The highest BCUT2D eigenvalue weighted by molar-refractivity contribution is 5.80. The van der Waals surface area contributed by atoms with Crippen LogP contribution in [0.1, 0.15) is 24.5 Å². The van der Waals surface area contributed by atoms with Crippen LogP contribution in [0.2, 0.25) is 0 Å². The summed E-state index contributed by atoms with van der Waals surface area (Å²) in [4.78, 5) is 10.4. The van der Waals surface area contributed by atoms with Crippen LogP contribution in [0.15, 0.2) is 29.8 Å². The molecule has 0 spiro atoms. The minimum absolute atomic E-state index is 0.324. The molecule has 0 saturated carbocycles. The van der Waals surface area contributed by atoms with Crippen LogP contribution < -0.4 is 4.74 Å². The normalized spacial score (nSPS) is 14.5. The summed E-state index contributed by atoms with van der Waals surface area (Å²) in [6.07, 6.45) is 4.67. The first-order chi connectivity index (χ1) is 8.15. The SMILES string of the molecule is CC(=CC(=O)O)COc1ccc2c(c1)CCC2. The van der Waals surface area contributed by atoms with Crippen molar-refractivity contribution in [2.45, 2.75) is 26.2 Å². The van der Waals surface area contributed by atoms with E-state index < -0.39 is 5.97 Å². The molecule has 1 aliphatic rings. The van der Waals surface area contributed by atoms with Gasteiger partial charge in [0.2, 0.25) is 0 Å². The fourth-order valence-electron chi connectivity index (χ4n) is 2.09. The molecule has 0 saturated heterocycles. The Morgan fingerprint density at radius 2 is 2.18 bits per heavy atom. The number of carboxylic acid groups (broad SMARTS) is 1. The summed E-state index contributed by atoms with van der Waals surface area (Å²) in [5, 5.41) is 8.58. The van der Waals surface area contributed by atoms with Crippen molar-refractivity contribution < 1.29 is 14.6 Å². The topological polar surface area (TPSA) is 46.5 Å². The standard InChI is InChI=1S/C14H16O3/c1-10(7-14(15)16)9-17-13-6-5-11-3-2-4-12(11)8-13/h5-8H,2-4,9H2,1H3,(H,15,16). The number of aliphatic carboxylic acids is 1. The second-order valence-corrected chi connectivity index (χ2v) is 4.40. The average Bonchev–Trinajstić information content (AvgIpc) is 2.72. The van der Waals surface area contributed by atoms with Gasteiger partial charge < -0.3 is 9.84 Å². The Hall–Kier alpha value is -1.77. The molecule has 3 nitrogen and oxygen atoms in total. The largest absolute Gasteiger partial charge is 0.489 e. The number of carbonyl (C=O) groups is 1. The van der Waals surface area contributed by atoms with Gasteiger partial charge in [-0.05, 0) is 55.0 Å². The molecule has 0 unspecified atom stereocenters. The van der Waals surface area contributed by atoms with Gasteiger partial charge in [0.15, 0.2) is 0 Å². The van der Waals surface area contributed by atoms with E-state index in [0.29, 0.717) is 12.2 Å². The molecule has 2 rings (SSSR count). The zero-order valence-corrected chi connectivity index (χ0v) is 9.90. The lowest BCUT2D eigenvalue weighted by Gasteiger charge is -2.08. The molecule has 0 bridgehead atoms. The number of ether oxygens (including phenoxy) is 1. The average molecular weight is 232 g/mol. The van der Waals surface area contributed by atoms with Gasteiger partial charge in [-0.3, -0.25) is 0 Å². The van der Waals surface area contributed by atoms with E-state index in [1.165, 1.54) is 23.6 Å². The Labute approximate surface area is 101 Å². The third kappa shape index (κ3) is 3.09. The van der Waals surface area contributed by atoms with Gasteiger partial charge in [-0.15, -0.1) is 0 Å². The fourth-order valence-corrected chi connectivity index (χ4v) is 2.09. The van der Waals surface area contributed by atoms with Crippen molar-refractivity contribution in [2.24, 2.45) is 0 Å². The molecule has 1 aliphatic carbocycles. The Kier molecular flexibility index (Phi) is 3.47. The fraction of sp³-hybridized carbons (Fsp3) is 0.357. The number of fused-ring (bicyclic) bond motifs is 1. The summed E-state index contributed by atoms with van der Waals surface area (Å²) >= 11 is 0. The molecule has 0 radical (unpaired) electrons. The molecule has 0 fully saturated rings. The van der Waals surface area contributed by atoms with Crippen LogP contribution in [0.3, 0.4) is 0 Å². The van der Waals surface area contributed by atoms with E-state index in [-0.39, 0.29) is 0 Å². The molecular weight excluding hydrogens is 216 g/mol. The van der Waals surface area contributed by atoms with Crippen molar-refractivity contribution in [2.75, 3.05) is 6.61 Å². The van der Waals surface area contributed by atoms with E-state index in [1.54, 1.807) is 6.92 Å². The summed E-state index contributed by atoms with van der Waals surface area (Å²) < 4.78 is 5.56. The van der Waals surface area contributed by atoms with Crippen molar-refractivity contribution in [1.82, 2.24) is 0 Å². The molecule has 1 N–H and O–H groups in total. The van der Waals surface area contributed by atoms with Gasteiger partial charge in [-0.1, -0.05) is 6.07 Å². The van der Waals surface area contributed by atoms with Crippen molar-refractivity contribution in [3.05, 3.63) is 41.0 Å². The summed E-state index contributed by atoms with van der Waals surface area (Å²) in [5.74, 6) is -0.108. The van der Waals surface area contributed by atoms with Crippen LogP contribution >= 0.6 is 0 Å². The second kappa shape index (κ2) is 5.04. The monoisotopic (exact) mass is 232 g/mol. The zero-order chi connectivity index (χ0) is 12.3. The van der Waals surface area contributed by atoms with Gasteiger partial charge in [-0.25, -0.2) is 4.79 Å². The van der Waals surface area contributed by atoms with E-state index in [0.717, 1.165) is 18.6 Å². The Morgan fingerprint density at radius 1 is 1.41 bits per heavy atom. The minimum Gasteiger partial charge on any atom is -0.489 e. The van der Waals surface area contributed by atoms with Gasteiger partial charge >= 0.3 is 5.97 Å². The maximum Gasteiger partial charge on any atom is 0.328 e. The Bertz CT molecular complexity index is 461. The molecular formula is C14H16O3. The van der Waals surface area contributed by atoms with Gasteiger partial charge in [-0.2, -0.15) is 0 Å². The van der Waals surface area contributed by atoms with Gasteiger partial charge in [0.05, 0.1) is 0 Å². The predicted octanol–water partition coefficient (Wildman–Crippen LogP) is 2.59. The van der Waals surface area contributed by atoms with Crippen LogP contribution in [0.25, 0.3) is 0 Å². The molecule has 1 aromatic rings. The quantitative estimate of drug-likeness (QED) is 0.811. The summed E-state index contributed by atoms with van der Waals surface area (Å²) in [5.41, 5.74) is 3.48. The number of carboxylic acids is 1. The molecule has 3 heteroatoms. The predicted molar refractivity (Wildman–Crippen MR) is 65.4 cm³/mol. The number of rotatable bonds is 4. The molecule has 0 atom stereocenters. The highest BCUT2D eigenvalue weighted by Gasteiger charge is 2.11. The van der Waals surface area contributed by atoms with E-state index in [2.05, 4.69) is 12.1 Å². The third-order valence-corrected chi connectivity index (χ3v) is 2.91. The lowest BCUT2D eigenvalue weighted by atomic mass is 10.1. The summed E-state index contributed by atoms with van der Waals surface area (Å²) in [7, 11) is 0. The van der Waals surface area contributed by atoms with Gasteiger partial charge in [0.25, 0.3) is 0 Å². The maximum absolute atomic E-state index is 10.4. The van der Waals surface area contributed by atoms with Crippen molar-refractivity contribution >= 4 is 5.97 Å². The van der Waals surface area contributed by atoms with Crippen LogP contribution in [-0.2, 0) is 17.6 Å². The number of aryl methyl sites for hydroxylation is 2. The smallest absolute Gasteiger partial charge is 0.328 e. The minimum atomic E-state index is -0.931. The molecule has 0 heterocycles. The molecule has 1 aromatic carbocycles. The van der Waals surface area contributed by atoms with Gasteiger partial charge in [0.1, 0.15) is 12.4 Å². The first-order valence-corrected chi connectivity index (χ1v) is 5.80. The van der Waals surface area contributed by atoms with E-state index in [9.17, 15) is 4.79 Å². The van der Waals surface area contributed by atoms with Crippen molar-refractivity contribution in [3.63, 3.8) is 0 Å². The number of hydrogen-bond acceptors (Lipinski definition) is 2. The molecule has 0 aliphatic heterocycles. The number of hydrogen-bond donors (Lipinski definition) is 1. The zero-order valence-electron chi connectivity index (χ0n) is 9.90. The van der Waals surface area contributed by atoms with E-state index >= 15 is 0 Å². The molecule has 90 valence electrons. The van der Waals surface area contributed by atoms with Crippen LogP contribution in [-0.4, -0.2) is 17.7 Å².